The number of piperazine rings is 1. The third-order valence-electron chi connectivity index (χ3n) is 4.61. The molecule has 2 aromatic rings. The molecule has 1 saturated heterocycles. The number of nitrogens with one attached hydrogen (secondary N) is 1. The summed E-state index contributed by atoms with van der Waals surface area (Å²) in [6.07, 6.45) is 0.886. The number of nitrogens with zero attached hydrogens (tertiary/aromatic N) is 4. The van der Waals surface area contributed by atoms with Crippen LogP contribution in [0.1, 0.15) is 30.9 Å². The molecule has 3 rings (SSSR count). The Morgan fingerprint density at radius 1 is 1.15 bits per heavy atom. The molecule has 6 nitrogen and oxygen atoms in total. The van der Waals surface area contributed by atoms with Crippen LogP contribution in [0.4, 0.5) is 0 Å². The molecule has 1 aliphatic rings. The average molecular weight is 483 g/mol. The molecule has 0 unspecified atom stereocenters. The van der Waals surface area contributed by atoms with Crippen LogP contribution in [0.3, 0.4) is 0 Å². The zero-order chi connectivity index (χ0) is 18.2. The van der Waals surface area contributed by atoms with E-state index in [-0.39, 0.29) is 24.0 Å². The van der Waals surface area contributed by atoms with Crippen molar-refractivity contribution in [1.29, 1.82) is 0 Å². The highest BCUT2D eigenvalue weighted by Crippen LogP contribution is 2.10. The van der Waals surface area contributed by atoms with Gasteiger partial charge < -0.3 is 14.7 Å². The van der Waals surface area contributed by atoms with Crippen LogP contribution in [-0.4, -0.2) is 53.6 Å². The van der Waals surface area contributed by atoms with Crippen LogP contribution in [0.2, 0.25) is 0 Å². The summed E-state index contributed by atoms with van der Waals surface area (Å²) in [5.41, 5.74) is 2.35. The molecule has 2 heterocycles. The van der Waals surface area contributed by atoms with Crippen molar-refractivity contribution >= 4 is 29.9 Å². The van der Waals surface area contributed by atoms with E-state index in [4.69, 9.17) is 9.52 Å². The summed E-state index contributed by atoms with van der Waals surface area (Å²) < 4.78 is 5.34. The van der Waals surface area contributed by atoms with Gasteiger partial charge in [-0.05, 0) is 18.9 Å². The Kier molecular flexibility index (Phi) is 9.06. The zero-order valence-electron chi connectivity index (χ0n) is 16.2. The maximum Gasteiger partial charge on any atom is 0.194 e. The highest BCUT2D eigenvalue weighted by Gasteiger charge is 2.19. The van der Waals surface area contributed by atoms with Gasteiger partial charge in [-0.25, -0.2) is 4.99 Å². The maximum absolute atomic E-state index is 5.34. The van der Waals surface area contributed by atoms with E-state index in [1.54, 1.807) is 0 Å². The lowest BCUT2D eigenvalue weighted by Gasteiger charge is -2.36. The van der Waals surface area contributed by atoms with Gasteiger partial charge in [-0.3, -0.25) is 4.90 Å². The summed E-state index contributed by atoms with van der Waals surface area (Å²) in [4.78, 5) is 9.58. The van der Waals surface area contributed by atoms with Crippen LogP contribution in [0, 0.1) is 0 Å². The minimum Gasteiger partial charge on any atom is -0.359 e. The minimum atomic E-state index is 0. The van der Waals surface area contributed by atoms with Crippen molar-refractivity contribution in [3.63, 3.8) is 0 Å². The molecule has 0 bridgehead atoms. The number of hydrogen-bond acceptors (Lipinski definition) is 4. The monoisotopic (exact) mass is 483 g/mol. The number of aliphatic imine (C=N–C) groups is 1. The highest BCUT2D eigenvalue weighted by molar-refractivity contribution is 14.0. The van der Waals surface area contributed by atoms with Crippen molar-refractivity contribution in [1.82, 2.24) is 20.3 Å². The molecule has 7 heteroatoms. The van der Waals surface area contributed by atoms with E-state index >= 15 is 0 Å². The Morgan fingerprint density at radius 3 is 2.52 bits per heavy atom. The van der Waals surface area contributed by atoms with Crippen LogP contribution in [-0.2, 0) is 19.5 Å². The van der Waals surface area contributed by atoms with Crippen molar-refractivity contribution < 1.29 is 4.52 Å². The van der Waals surface area contributed by atoms with Gasteiger partial charge in [-0.2, -0.15) is 0 Å². The second kappa shape index (κ2) is 11.3. The SMILES string of the molecule is CCNC(=NCc1cc(CC)no1)N1CCN(Cc2ccccc2)CC1.I. The first kappa shape index (κ1) is 21.7. The van der Waals surface area contributed by atoms with Gasteiger partial charge >= 0.3 is 0 Å². The summed E-state index contributed by atoms with van der Waals surface area (Å²) in [7, 11) is 0. The molecule has 0 spiro atoms. The van der Waals surface area contributed by atoms with Gasteiger partial charge in [0.15, 0.2) is 11.7 Å². The second-order valence-corrected chi connectivity index (χ2v) is 6.56. The van der Waals surface area contributed by atoms with E-state index in [1.165, 1.54) is 5.56 Å². The normalized spacial score (nSPS) is 15.5. The van der Waals surface area contributed by atoms with Crippen LogP contribution < -0.4 is 5.32 Å². The summed E-state index contributed by atoms with van der Waals surface area (Å²) >= 11 is 0. The third kappa shape index (κ3) is 6.49. The number of aromatic nitrogens is 1. The Balaban J connectivity index is 0.00000261. The van der Waals surface area contributed by atoms with E-state index in [1.807, 2.05) is 6.07 Å². The number of rotatable bonds is 6. The number of hydrogen-bond donors (Lipinski definition) is 1. The lowest BCUT2D eigenvalue weighted by Crippen LogP contribution is -2.52. The fourth-order valence-corrected chi connectivity index (χ4v) is 3.13. The molecular weight excluding hydrogens is 453 g/mol. The number of benzene rings is 1. The average Bonchev–Trinajstić information content (AvgIpc) is 3.15. The van der Waals surface area contributed by atoms with Crippen molar-refractivity contribution in [2.75, 3.05) is 32.7 Å². The fraction of sp³-hybridized carbons (Fsp3) is 0.500. The Hall–Kier alpha value is -1.61. The van der Waals surface area contributed by atoms with E-state index < -0.39 is 0 Å². The Bertz CT molecular complexity index is 695. The largest absolute Gasteiger partial charge is 0.359 e. The molecule has 0 atom stereocenters. The van der Waals surface area contributed by atoms with Crippen LogP contribution >= 0.6 is 24.0 Å². The van der Waals surface area contributed by atoms with Gasteiger partial charge in [0.1, 0.15) is 6.54 Å². The molecule has 27 heavy (non-hydrogen) atoms. The van der Waals surface area contributed by atoms with Crippen LogP contribution in [0.15, 0.2) is 45.9 Å². The van der Waals surface area contributed by atoms with Crippen molar-refractivity contribution in [3.8, 4) is 0 Å². The molecule has 1 aromatic carbocycles. The van der Waals surface area contributed by atoms with Crippen molar-refractivity contribution in [2.24, 2.45) is 4.99 Å². The summed E-state index contributed by atoms with van der Waals surface area (Å²) in [5.74, 6) is 1.78. The van der Waals surface area contributed by atoms with E-state index in [0.29, 0.717) is 6.54 Å². The van der Waals surface area contributed by atoms with Gasteiger partial charge in [0.05, 0.1) is 5.69 Å². The second-order valence-electron chi connectivity index (χ2n) is 6.56. The predicted molar refractivity (Wildman–Crippen MR) is 119 cm³/mol. The standard InChI is InChI=1S/C20H29N5O.HI/c1-3-18-14-19(26-23-18)15-22-20(21-4-2)25-12-10-24(11-13-25)16-17-8-6-5-7-9-17;/h5-9,14H,3-4,10-13,15-16H2,1-2H3,(H,21,22);1H. The number of halogens is 1. The predicted octanol–water partition coefficient (Wildman–Crippen LogP) is 3.14. The fourth-order valence-electron chi connectivity index (χ4n) is 3.13. The number of guanidine groups is 1. The Morgan fingerprint density at radius 2 is 1.89 bits per heavy atom. The molecule has 1 aliphatic heterocycles. The molecule has 148 valence electrons. The molecule has 0 aliphatic carbocycles. The quantitative estimate of drug-likeness (QED) is 0.389. The summed E-state index contributed by atoms with van der Waals surface area (Å²) in [5, 5.41) is 7.44. The molecule has 1 N–H and O–H groups in total. The van der Waals surface area contributed by atoms with Gasteiger partial charge in [-0.15, -0.1) is 24.0 Å². The highest BCUT2D eigenvalue weighted by atomic mass is 127. The van der Waals surface area contributed by atoms with Gasteiger partial charge in [0.25, 0.3) is 0 Å². The molecule has 1 aromatic heterocycles. The molecule has 1 fully saturated rings. The summed E-state index contributed by atoms with van der Waals surface area (Å²) in [6, 6.07) is 12.7. The Labute approximate surface area is 179 Å². The van der Waals surface area contributed by atoms with Crippen molar-refractivity contribution in [3.05, 3.63) is 53.4 Å². The van der Waals surface area contributed by atoms with Crippen LogP contribution in [0.25, 0.3) is 0 Å². The number of aryl methyl sites for hydroxylation is 1. The molecule has 0 saturated carbocycles. The van der Waals surface area contributed by atoms with Gasteiger partial charge in [0.2, 0.25) is 0 Å². The first-order valence-electron chi connectivity index (χ1n) is 9.52. The smallest absolute Gasteiger partial charge is 0.194 e. The maximum atomic E-state index is 5.34. The van der Waals surface area contributed by atoms with Crippen LogP contribution in [0.5, 0.6) is 0 Å². The van der Waals surface area contributed by atoms with Gasteiger partial charge in [0, 0.05) is 45.3 Å². The van der Waals surface area contributed by atoms with Gasteiger partial charge in [-0.1, -0.05) is 42.4 Å². The first-order valence-corrected chi connectivity index (χ1v) is 9.52. The van der Waals surface area contributed by atoms with E-state index in [9.17, 15) is 0 Å². The zero-order valence-corrected chi connectivity index (χ0v) is 18.6. The molecule has 0 amide bonds. The molecular formula is C20H30IN5O. The topological polar surface area (TPSA) is 56.9 Å². The lowest BCUT2D eigenvalue weighted by atomic mass is 10.2. The first-order chi connectivity index (χ1) is 12.8. The van der Waals surface area contributed by atoms with E-state index in [0.717, 1.165) is 63.1 Å². The van der Waals surface area contributed by atoms with Crippen molar-refractivity contribution in [2.45, 2.75) is 33.4 Å². The minimum absolute atomic E-state index is 0. The van der Waals surface area contributed by atoms with E-state index in [2.05, 4.69) is 64.5 Å². The lowest BCUT2D eigenvalue weighted by molar-refractivity contribution is 0.172. The third-order valence-corrected chi connectivity index (χ3v) is 4.61. The summed E-state index contributed by atoms with van der Waals surface area (Å²) in [6.45, 7) is 10.6. The molecule has 0 radical (unpaired) electrons.